The number of amides is 2. The summed E-state index contributed by atoms with van der Waals surface area (Å²) in [5.41, 5.74) is 9.59. The Morgan fingerprint density at radius 3 is 2.33 bits per heavy atom. The lowest BCUT2D eigenvalue weighted by molar-refractivity contribution is -0.130. The van der Waals surface area contributed by atoms with Gasteiger partial charge in [-0.05, 0) is 54.5 Å². The summed E-state index contributed by atoms with van der Waals surface area (Å²) in [7, 11) is 0. The van der Waals surface area contributed by atoms with Crippen LogP contribution in [0.25, 0.3) is 5.57 Å². The van der Waals surface area contributed by atoms with Gasteiger partial charge in [0.15, 0.2) is 0 Å². The second-order valence-electron chi connectivity index (χ2n) is 6.34. The van der Waals surface area contributed by atoms with Gasteiger partial charge in [0.2, 0.25) is 0 Å². The Hall–Kier alpha value is -3.86. The molecule has 2 aromatic carbocycles. The predicted molar refractivity (Wildman–Crippen MR) is 114 cm³/mol. The first-order valence-electron chi connectivity index (χ1n) is 9.14. The summed E-state index contributed by atoms with van der Waals surface area (Å²) in [6, 6.07) is 15.0. The number of rotatable bonds is 6. The lowest BCUT2D eigenvalue weighted by Gasteiger charge is -2.14. The van der Waals surface area contributed by atoms with E-state index in [-0.39, 0.29) is 12.3 Å². The smallest absolute Gasteiger partial charge is 0.267 e. The number of hydrogen-bond donors (Lipinski definition) is 5. The van der Waals surface area contributed by atoms with Crippen molar-refractivity contribution in [3.05, 3.63) is 89.2 Å². The molecule has 0 aromatic heterocycles. The normalized spacial score (nSPS) is 12.4. The Kier molecular flexibility index (Phi) is 8.39. The molecule has 7 heteroatoms. The van der Waals surface area contributed by atoms with E-state index in [4.69, 9.17) is 10.9 Å². The maximum Gasteiger partial charge on any atom is 0.267 e. The number of carbonyl (C=O) groups excluding carboxylic acids is 2. The maximum absolute atomic E-state index is 12.2. The Labute approximate surface area is 174 Å². The quantitative estimate of drug-likeness (QED) is 0.166. The van der Waals surface area contributed by atoms with Gasteiger partial charge in [0, 0.05) is 17.7 Å². The van der Waals surface area contributed by atoms with E-state index in [1.54, 1.807) is 43.3 Å². The molecule has 1 unspecified atom stereocenters. The molecule has 0 bridgehead atoms. The molecular formula is C23H23N3O4. The molecular weight excluding hydrogens is 382 g/mol. The molecule has 0 spiro atoms. The zero-order chi connectivity index (χ0) is 21.9. The summed E-state index contributed by atoms with van der Waals surface area (Å²) >= 11 is 0. The van der Waals surface area contributed by atoms with E-state index in [9.17, 15) is 14.7 Å². The van der Waals surface area contributed by atoms with E-state index < -0.39 is 17.9 Å². The predicted octanol–water partition coefficient (Wildman–Crippen LogP) is 2.15. The Bertz CT molecular complexity index is 996. The average Bonchev–Trinajstić information content (AvgIpc) is 2.76. The van der Waals surface area contributed by atoms with E-state index in [0.29, 0.717) is 11.1 Å². The molecule has 6 N–H and O–H groups in total. The molecule has 2 rings (SSSR count). The number of nitrogens with two attached hydrogens (primary N) is 1. The molecule has 0 aliphatic heterocycles. The lowest BCUT2D eigenvalue weighted by atomic mass is 10.0. The highest BCUT2D eigenvalue weighted by Crippen LogP contribution is 2.16. The number of hydrogen-bond acceptors (Lipinski definition) is 5. The van der Waals surface area contributed by atoms with Crippen molar-refractivity contribution in [2.24, 2.45) is 5.73 Å². The molecule has 1 atom stereocenters. The van der Waals surface area contributed by atoms with Gasteiger partial charge in [0.25, 0.3) is 11.8 Å². The van der Waals surface area contributed by atoms with Gasteiger partial charge in [0.05, 0.1) is 5.76 Å². The Morgan fingerprint density at radius 2 is 1.77 bits per heavy atom. The number of aliphatic hydroxyl groups excluding tert-OH is 1. The summed E-state index contributed by atoms with van der Waals surface area (Å²) in [5, 5.41) is 20.7. The van der Waals surface area contributed by atoms with Crippen molar-refractivity contribution in [1.29, 1.82) is 0 Å². The molecule has 7 nitrogen and oxygen atoms in total. The van der Waals surface area contributed by atoms with E-state index in [1.807, 2.05) is 30.3 Å². The molecule has 2 amide bonds. The number of nitrogens with one attached hydrogen (secondary N) is 2. The summed E-state index contributed by atoms with van der Waals surface area (Å²) in [4.78, 5) is 23.6. The minimum Gasteiger partial charge on any atom is -0.513 e. The van der Waals surface area contributed by atoms with Crippen LogP contribution in [-0.2, 0) is 4.79 Å². The topological polar surface area (TPSA) is 125 Å². The number of carbonyl (C=O) groups is 2. The lowest BCUT2D eigenvalue weighted by Crippen LogP contribution is -2.50. The fourth-order valence-corrected chi connectivity index (χ4v) is 2.52. The summed E-state index contributed by atoms with van der Waals surface area (Å²) < 4.78 is 0. The highest BCUT2D eigenvalue weighted by atomic mass is 16.5. The highest BCUT2D eigenvalue weighted by Gasteiger charge is 2.19. The van der Waals surface area contributed by atoms with Gasteiger partial charge in [0.1, 0.15) is 6.04 Å². The van der Waals surface area contributed by atoms with Crippen LogP contribution in [-0.4, -0.2) is 34.7 Å². The molecule has 0 saturated heterocycles. The highest BCUT2D eigenvalue weighted by molar-refractivity contribution is 5.97. The molecule has 154 valence electrons. The van der Waals surface area contributed by atoms with Crippen molar-refractivity contribution in [1.82, 2.24) is 10.8 Å². The van der Waals surface area contributed by atoms with Crippen LogP contribution < -0.4 is 16.5 Å². The van der Waals surface area contributed by atoms with Gasteiger partial charge in [-0.15, -0.1) is 0 Å². The molecule has 2 aromatic rings. The van der Waals surface area contributed by atoms with Gasteiger partial charge in [-0.1, -0.05) is 42.2 Å². The number of benzene rings is 2. The standard InChI is InChI=1S/C23H23N3O4/c1-16(27)14-20(18-7-3-2-4-8-18)9-5-6-17-10-12-19(13-11-17)22(28)25-21(15-24)23(29)26-30/h2-4,7-14,21,27,30H,15,24H2,1H3,(H,25,28)(H,26,29)/b16-14-,20-9-. The Morgan fingerprint density at radius 1 is 1.10 bits per heavy atom. The van der Waals surface area contributed by atoms with Crippen LogP contribution >= 0.6 is 0 Å². The first-order chi connectivity index (χ1) is 14.4. The fraction of sp³-hybridized carbons (Fsp3) is 0.130. The zero-order valence-electron chi connectivity index (χ0n) is 16.4. The van der Waals surface area contributed by atoms with Gasteiger partial charge in [-0.3, -0.25) is 14.8 Å². The molecule has 0 heterocycles. The van der Waals surface area contributed by atoms with Crippen molar-refractivity contribution in [2.45, 2.75) is 13.0 Å². The van der Waals surface area contributed by atoms with Crippen LogP contribution in [0.15, 0.2) is 72.5 Å². The van der Waals surface area contributed by atoms with E-state index in [2.05, 4.69) is 17.2 Å². The zero-order valence-corrected chi connectivity index (χ0v) is 16.4. The van der Waals surface area contributed by atoms with E-state index >= 15 is 0 Å². The van der Waals surface area contributed by atoms with Crippen LogP contribution in [0.1, 0.15) is 28.4 Å². The third-order valence-electron chi connectivity index (χ3n) is 4.03. The maximum atomic E-state index is 12.2. The van der Waals surface area contributed by atoms with E-state index in [0.717, 1.165) is 11.1 Å². The summed E-state index contributed by atoms with van der Waals surface area (Å²) in [5.74, 6) is 4.82. The Balaban J connectivity index is 2.15. The van der Waals surface area contributed by atoms with Crippen LogP contribution in [0.5, 0.6) is 0 Å². The summed E-state index contributed by atoms with van der Waals surface area (Å²) in [6.07, 6.45) is 3.34. The minimum atomic E-state index is -1.04. The van der Waals surface area contributed by atoms with Crippen molar-refractivity contribution in [3.63, 3.8) is 0 Å². The first-order valence-corrected chi connectivity index (χ1v) is 9.14. The molecule has 0 fully saturated rings. The van der Waals surface area contributed by atoms with Crippen molar-refractivity contribution in [3.8, 4) is 11.8 Å². The van der Waals surface area contributed by atoms with Crippen LogP contribution in [0, 0.1) is 11.8 Å². The van der Waals surface area contributed by atoms with Crippen molar-refractivity contribution < 1.29 is 19.9 Å². The molecule has 0 saturated carbocycles. The van der Waals surface area contributed by atoms with Crippen LogP contribution in [0.3, 0.4) is 0 Å². The van der Waals surface area contributed by atoms with Gasteiger partial charge in [-0.25, -0.2) is 5.48 Å². The van der Waals surface area contributed by atoms with Crippen molar-refractivity contribution >= 4 is 17.4 Å². The molecule has 0 radical (unpaired) electrons. The molecule has 30 heavy (non-hydrogen) atoms. The number of hydroxylamine groups is 1. The second kappa shape index (κ2) is 11.2. The molecule has 0 aliphatic carbocycles. The van der Waals surface area contributed by atoms with Crippen molar-refractivity contribution in [2.75, 3.05) is 6.54 Å². The third-order valence-corrected chi connectivity index (χ3v) is 4.03. The SMILES string of the molecule is C/C(O)=C/C(=C/C#Cc1ccc(C(=O)NC(CN)C(=O)NO)cc1)c1ccccc1. The van der Waals surface area contributed by atoms with Gasteiger partial charge >= 0.3 is 0 Å². The third kappa shape index (κ3) is 6.63. The van der Waals surface area contributed by atoms with Gasteiger partial charge in [-0.2, -0.15) is 0 Å². The summed E-state index contributed by atoms with van der Waals surface area (Å²) in [6.45, 7) is 1.44. The van der Waals surface area contributed by atoms with Gasteiger partial charge < -0.3 is 16.2 Å². The number of allylic oxidation sites excluding steroid dienone is 4. The largest absolute Gasteiger partial charge is 0.513 e. The molecule has 0 aliphatic rings. The number of aliphatic hydroxyl groups is 1. The van der Waals surface area contributed by atoms with Crippen LogP contribution in [0.2, 0.25) is 0 Å². The van der Waals surface area contributed by atoms with E-state index in [1.165, 1.54) is 5.48 Å². The minimum absolute atomic E-state index is 0.153. The average molecular weight is 405 g/mol. The first kappa shape index (κ1) is 22.4. The second-order valence-corrected chi connectivity index (χ2v) is 6.34. The fourth-order valence-electron chi connectivity index (χ4n) is 2.52. The van der Waals surface area contributed by atoms with Crippen LogP contribution in [0.4, 0.5) is 0 Å². The monoisotopic (exact) mass is 405 g/mol.